The van der Waals surface area contributed by atoms with Crippen molar-refractivity contribution in [3.8, 4) is 0 Å². The second kappa shape index (κ2) is 3.26. The minimum Gasteiger partial charge on any atom is -0.478 e. The van der Waals surface area contributed by atoms with Gasteiger partial charge in [0.1, 0.15) is 0 Å². The van der Waals surface area contributed by atoms with Crippen molar-refractivity contribution in [1.82, 2.24) is 0 Å². The summed E-state index contributed by atoms with van der Waals surface area (Å²) in [4.78, 5) is 11.7. The van der Waals surface area contributed by atoms with Crippen molar-refractivity contribution in [1.29, 1.82) is 0 Å². The van der Waals surface area contributed by atoms with E-state index in [-0.39, 0.29) is 5.56 Å². The van der Waals surface area contributed by atoms with Crippen molar-refractivity contribution in [2.75, 3.05) is 0 Å². The molecule has 2 aromatic rings. The monoisotopic (exact) mass is 226 g/mol. The molecular formula is C10H7ClO2S. The summed E-state index contributed by atoms with van der Waals surface area (Å²) in [5.41, 5.74) is 0.275. The Hall–Kier alpha value is -1.06. The van der Waals surface area contributed by atoms with Crippen LogP contribution in [0.2, 0.25) is 5.02 Å². The summed E-state index contributed by atoms with van der Waals surface area (Å²) in [6, 6.07) is 5.00. The fourth-order valence-corrected chi connectivity index (χ4v) is 2.59. The van der Waals surface area contributed by atoms with Gasteiger partial charge >= 0.3 is 5.97 Å². The van der Waals surface area contributed by atoms with Crippen LogP contribution in [0.15, 0.2) is 18.2 Å². The van der Waals surface area contributed by atoms with E-state index in [0.717, 1.165) is 15.0 Å². The van der Waals surface area contributed by atoms with E-state index >= 15 is 0 Å². The zero-order valence-electron chi connectivity index (χ0n) is 7.37. The van der Waals surface area contributed by atoms with E-state index in [9.17, 15) is 4.79 Å². The molecule has 0 aliphatic heterocycles. The van der Waals surface area contributed by atoms with Crippen LogP contribution in [0.4, 0.5) is 0 Å². The molecule has 1 aromatic carbocycles. The Kier molecular flexibility index (Phi) is 2.21. The number of carboxylic acid groups (broad SMARTS) is 1. The van der Waals surface area contributed by atoms with Crippen LogP contribution in [0, 0.1) is 6.92 Å². The number of carboxylic acids is 1. The normalized spacial score (nSPS) is 10.7. The molecule has 0 atom stereocenters. The number of aryl methyl sites for hydroxylation is 1. The zero-order valence-corrected chi connectivity index (χ0v) is 8.95. The summed E-state index contributed by atoms with van der Waals surface area (Å²) in [6.45, 7) is 1.92. The summed E-state index contributed by atoms with van der Waals surface area (Å²) < 4.78 is 1.03. The van der Waals surface area contributed by atoms with Crippen molar-refractivity contribution in [3.05, 3.63) is 33.7 Å². The molecule has 0 unspecified atom stereocenters. The van der Waals surface area contributed by atoms with Crippen LogP contribution in [0.1, 0.15) is 15.2 Å². The Balaban J connectivity index is 2.76. The van der Waals surface area contributed by atoms with Crippen molar-refractivity contribution >= 4 is 39.0 Å². The number of thiophene rings is 1. The van der Waals surface area contributed by atoms with Gasteiger partial charge in [-0.1, -0.05) is 11.6 Å². The van der Waals surface area contributed by atoms with Gasteiger partial charge in [0.2, 0.25) is 0 Å². The number of carbonyl (C=O) groups is 1. The van der Waals surface area contributed by atoms with Crippen LogP contribution in [0.25, 0.3) is 10.1 Å². The maximum Gasteiger partial charge on any atom is 0.335 e. The highest BCUT2D eigenvalue weighted by Gasteiger charge is 2.09. The molecule has 0 aliphatic carbocycles. The number of halogens is 1. The SMILES string of the molecule is Cc1sc2ccc(C(=O)O)cc2c1Cl. The molecule has 0 radical (unpaired) electrons. The van der Waals surface area contributed by atoms with E-state index in [1.165, 1.54) is 0 Å². The van der Waals surface area contributed by atoms with Gasteiger partial charge in [-0.25, -0.2) is 4.79 Å². The predicted octanol–water partition coefficient (Wildman–Crippen LogP) is 3.56. The number of benzene rings is 1. The fourth-order valence-electron chi connectivity index (χ4n) is 1.32. The van der Waals surface area contributed by atoms with Gasteiger partial charge in [-0.15, -0.1) is 11.3 Å². The summed E-state index contributed by atoms with van der Waals surface area (Å²) >= 11 is 7.61. The molecule has 0 saturated heterocycles. The van der Waals surface area contributed by atoms with Crippen LogP contribution >= 0.6 is 22.9 Å². The third-order valence-electron chi connectivity index (χ3n) is 2.04. The summed E-state index contributed by atoms with van der Waals surface area (Å²) in [6.07, 6.45) is 0. The van der Waals surface area contributed by atoms with Gasteiger partial charge in [-0.3, -0.25) is 0 Å². The Labute approximate surface area is 89.7 Å². The Morgan fingerprint density at radius 1 is 1.50 bits per heavy atom. The third kappa shape index (κ3) is 1.38. The van der Waals surface area contributed by atoms with Crippen molar-refractivity contribution < 1.29 is 9.90 Å². The summed E-state index contributed by atoms with van der Waals surface area (Å²) in [5, 5.41) is 10.3. The first-order chi connectivity index (χ1) is 6.59. The van der Waals surface area contributed by atoms with E-state index in [0.29, 0.717) is 5.02 Å². The van der Waals surface area contributed by atoms with E-state index in [1.807, 2.05) is 6.92 Å². The van der Waals surface area contributed by atoms with E-state index < -0.39 is 5.97 Å². The molecule has 0 fully saturated rings. The van der Waals surface area contributed by atoms with Crippen LogP contribution in [-0.4, -0.2) is 11.1 Å². The van der Waals surface area contributed by atoms with Crippen LogP contribution in [0.3, 0.4) is 0 Å². The smallest absolute Gasteiger partial charge is 0.335 e. The first-order valence-electron chi connectivity index (χ1n) is 4.01. The first kappa shape index (κ1) is 9.49. The van der Waals surface area contributed by atoms with Gasteiger partial charge in [-0.05, 0) is 25.1 Å². The lowest BCUT2D eigenvalue weighted by molar-refractivity contribution is 0.0697. The van der Waals surface area contributed by atoms with Gasteiger partial charge in [0.25, 0.3) is 0 Å². The molecule has 0 bridgehead atoms. The van der Waals surface area contributed by atoms with Crippen molar-refractivity contribution in [2.45, 2.75) is 6.92 Å². The topological polar surface area (TPSA) is 37.3 Å². The predicted molar refractivity (Wildman–Crippen MR) is 58.5 cm³/mol. The molecule has 2 rings (SSSR count). The number of hydrogen-bond donors (Lipinski definition) is 1. The van der Waals surface area contributed by atoms with Crippen molar-refractivity contribution in [3.63, 3.8) is 0 Å². The molecular weight excluding hydrogens is 220 g/mol. The second-order valence-electron chi connectivity index (χ2n) is 2.99. The lowest BCUT2D eigenvalue weighted by Gasteiger charge is -1.94. The van der Waals surface area contributed by atoms with Crippen LogP contribution < -0.4 is 0 Å². The highest BCUT2D eigenvalue weighted by molar-refractivity contribution is 7.19. The zero-order chi connectivity index (χ0) is 10.3. The lowest BCUT2D eigenvalue weighted by Crippen LogP contribution is -1.94. The van der Waals surface area contributed by atoms with Crippen LogP contribution in [0.5, 0.6) is 0 Å². The summed E-state index contributed by atoms with van der Waals surface area (Å²) in [5.74, 6) is -0.924. The summed E-state index contributed by atoms with van der Waals surface area (Å²) in [7, 11) is 0. The van der Waals surface area contributed by atoms with E-state index in [1.54, 1.807) is 29.5 Å². The molecule has 0 saturated carbocycles. The molecule has 1 N–H and O–H groups in total. The minimum absolute atomic E-state index is 0.275. The largest absolute Gasteiger partial charge is 0.478 e. The fraction of sp³-hybridized carbons (Fsp3) is 0.100. The molecule has 0 aliphatic rings. The highest BCUT2D eigenvalue weighted by Crippen LogP contribution is 2.34. The average Bonchev–Trinajstić information content (AvgIpc) is 2.43. The number of hydrogen-bond acceptors (Lipinski definition) is 2. The maximum absolute atomic E-state index is 10.7. The highest BCUT2D eigenvalue weighted by atomic mass is 35.5. The quantitative estimate of drug-likeness (QED) is 0.807. The number of rotatable bonds is 1. The van der Waals surface area contributed by atoms with Gasteiger partial charge in [0, 0.05) is 15.0 Å². The Morgan fingerprint density at radius 2 is 2.21 bits per heavy atom. The molecule has 1 heterocycles. The van der Waals surface area contributed by atoms with Gasteiger partial charge in [0.15, 0.2) is 0 Å². The van der Waals surface area contributed by atoms with Gasteiger partial charge in [-0.2, -0.15) is 0 Å². The standard InChI is InChI=1S/C10H7ClO2S/c1-5-9(11)7-4-6(10(12)13)2-3-8(7)14-5/h2-4H,1H3,(H,12,13). The van der Waals surface area contributed by atoms with E-state index in [4.69, 9.17) is 16.7 Å². The molecule has 72 valence electrons. The van der Waals surface area contributed by atoms with Crippen LogP contribution in [-0.2, 0) is 0 Å². The third-order valence-corrected chi connectivity index (χ3v) is 3.72. The minimum atomic E-state index is -0.924. The molecule has 14 heavy (non-hydrogen) atoms. The lowest BCUT2D eigenvalue weighted by atomic mass is 10.1. The molecule has 4 heteroatoms. The maximum atomic E-state index is 10.7. The molecule has 1 aromatic heterocycles. The number of fused-ring (bicyclic) bond motifs is 1. The van der Waals surface area contributed by atoms with Gasteiger partial charge in [0.05, 0.1) is 10.6 Å². The average molecular weight is 227 g/mol. The number of aromatic carboxylic acids is 1. The Bertz CT molecular complexity index is 516. The molecule has 2 nitrogen and oxygen atoms in total. The van der Waals surface area contributed by atoms with E-state index in [2.05, 4.69) is 0 Å². The molecule has 0 amide bonds. The molecule has 0 spiro atoms. The second-order valence-corrected chi connectivity index (χ2v) is 4.62. The first-order valence-corrected chi connectivity index (χ1v) is 5.21. The Morgan fingerprint density at radius 3 is 2.86 bits per heavy atom. The van der Waals surface area contributed by atoms with Crippen molar-refractivity contribution in [2.24, 2.45) is 0 Å². The van der Waals surface area contributed by atoms with Gasteiger partial charge < -0.3 is 5.11 Å².